The van der Waals surface area contributed by atoms with Gasteiger partial charge in [0.2, 0.25) is 0 Å². The Bertz CT molecular complexity index is 446. The van der Waals surface area contributed by atoms with Crippen LogP contribution >= 0.6 is 22.9 Å². The van der Waals surface area contributed by atoms with Crippen LogP contribution in [0.15, 0.2) is 12.1 Å². The van der Waals surface area contributed by atoms with E-state index in [0.29, 0.717) is 22.3 Å². The molecule has 1 unspecified atom stereocenters. The number of hydrogen-bond acceptors (Lipinski definition) is 3. The number of nitrogens with zero attached hydrogens (tertiary/aromatic N) is 1. The van der Waals surface area contributed by atoms with E-state index in [1.54, 1.807) is 17.0 Å². The minimum atomic E-state index is -0.802. The molecule has 4 nitrogen and oxygen atoms in total. The zero-order valence-electron chi connectivity index (χ0n) is 9.06. The lowest BCUT2D eigenvalue weighted by Gasteiger charge is -2.14. The Labute approximate surface area is 108 Å². The molecule has 0 spiro atoms. The van der Waals surface area contributed by atoms with Crippen LogP contribution in [0.5, 0.6) is 0 Å². The van der Waals surface area contributed by atoms with E-state index >= 15 is 0 Å². The highest BCUT2D eigenvalue weighted by Crippen LogP contribution is 2.26. The highest BCUT2D eigenvalue weighted by molar-refractivity contribution is 7.17. The molecule has 1 saturated heterocycles. The molecule has 0 aliphatic carbocycles. The molecule has 0 aromatic carbocycles. The maximum Gasteiger partial charge on any atom is 0.303 e. The van der Waals surface area contributed by atoms with E-state index in [-0.39, 0.29) is 18.2 Å². The SMILES string of the molecule is O=C(O)CC1CCN(C(=O)c2ccc(Cl)s2)C1. The van der Waals surface area contributed by atoms with E-state index in [1.807, 2.05) is 0 Å². The van der Waals surface area contributed by atoms with Crippen molar-refractivity contribution in [1.82, 2.24) is 4.90 Å². The van der Waals surface area contributed by atoms with E-state index in [4.69, 9.17) is 16.7 Å². The minimum Gasteiger partial charge on any atom is -0.481 e. The molecule has 1 aromatic rings. The predicted molar refractivity (Wildman–Crippen MR) is 65.6 cm³/mol. The fraction of sp³-hybridized carbons (Fsp3) is 0.455. The second kappa shape index (κ2) is 5.06. The average molecular weight is 274 g/mol. The summed E-state index contributed by atoms with van der Waals surface area (Å²) in [4.78, 5) is 24.9. The van der Waals surface area contributed by atoms with Crippen LogP contribution in [0.4, 0.5) is 0 Å². The van der Waals surface area contributed by atoms with E-state index in [0.717, 1.165) is 6.42 Å². The highest BCUT2D eigenvalue weighted by atomic mass is 35.5. The fourth-order valence-electron chi connectivity index (χ4n) is 2.02. The summed E-state index contributed by atoms with van der Waals surface area (Å²) in [5, 5.41) is 8.70. The molecule has 0 bridgehead atoms. The molecule has 1 atom stereocenters. The van der Waals surface area contributed by atoms with Gasteiger partial charge in [-0.15, -0.1) is 11.3 Å². The molecule has 0 saturated carbocycles. The molecule has 1 amide bonds. The van der Waals surface area contributed by atoms with Crippen molar-refractivity contribution in [2.24, 2.45) is 5.92 Å². The van der Waals surface area contributed by atoms with Gasteiger partial charge in [-0.2, -0.15) is 0 Å². The molecule has 0 radical (unpaired) electrons. The fourth-order valence-corrected chi connectivity index (χ4v) is 3.03. The van der Waals surface area contributed by atoms with Gasteiger partial charge in [0.15, 0.2) is 0 Å². The molecule has 17 heavy (non-hydrogen) atoms. The van der Waals surface area contributed by atoms with Crippen molar-refractivity contribution >= 4 is 34.8 Å². The van der Waals surface area contributed by atoms with Crippen LogP contribution in [0, 0.1) is 5.92 Å². The van der Waals surface area contributed by atoms with Crippen molar-refractivity contribution in [3.05, 3.63) is 21.3 Å². The van der Waals surface area contributed by atoms with Gasteiger partial charge < -0.3 is 10.0 Å². The summed E-state index contributed by atoms with van der Waals surface area (Å²) in [6, 6.07) is 3.41. The number of carbonyl (C=O) groups is 2. The van der Waals surface area contributed by atoms with Crippen LogP contribution in [-0.4, -0.2) is 35.0 Å². The number of rotatable bonds is 3. The summed E-state index contributed by atoms with van der Waals surface area (Å²) in [5.41, 5.74) is 0. The third-order valence-corrected chi connectivity index (χ3v) is 4.04. The molecule has 6 heteroatoms. The first kappa shape index (κ1) is 12.4. The van der Waals surface area contributed by atoms with Crippen molar-refractivity contribution in [1.29, 1.82) is 0 Å². The molecule has 2 rings (SSSR count). The van der Waals surface area contributed by atoms with Crippen molar-refractivity contribution < 1.29 is 14.7 Å². The maximum absolute atomic E-state index is 12.0. The Morgan fingerprint density at radius 2 is 2.29 bits per heavy atom. The topological polar surface area (TPSA) is 57.6 Å². The lowest BCUT2D eigenvalue weighted by molar-refractivity contribution is -0.138. The normalized spacial score (nSPS) is 19.6. The summed E-state index contributed by atoms with van der Waals surface area (Å²) in [6.07, 6.45) is 0.895. The quantitative estimate of drug-likeness (QED) is 0.920. The number of aliphatic carboxylic acids is 1. The van der Waals surface area contributed by atoms with Crippen LogP contribution in [0.1, 0.15) is 22.5 Å². The largest absolute Gasteiger partial charge is 0.481 e. The number of carboxylic acids is 1. The van der Waals surface area contributed by atoms with E-state index in [2.05, 4.69) is 0 Å². The minimum absolute atomic E-state index is 0.0465. The first-order chi connectivity index (χ1) is 8.06. The van der Waals surface area contributed by atoms with Crippen LogP contribution in [0.2, 0.25) is 4.34 Å². The van der Waals surface area contributed by atoms with Crippen molar-refractivity contribution in [2.75, 3.05) is 13.1 Å². The summed E-state index contributed by atoms with van der Waals surface area (Å²) >= 11 is 7.03. The Morgan fingerprint density at radius 1 is 1.53 bits per heavy atom. The molecule has 1 N–H and O–H groups in total. The number of amides is 1. The monoisotopic (exact) mass is 273 g/mol. The number of hydrogen-bond donors (Lipinski definition) is 1. The van der Waals surface area contributed by atoms with E-state index in [9.17, 15) is 9.59 Å². The number of carboxylic acid groups (broad SMARTS) is 1. The van der Waals surface area contributed by atoms with E-state index in [1.165, 1.54) is 11.3 Å². The summed E-state index contributed by atoms with van der Waals surface area (Å²) in [6.45, 7) is 1.16. The van der Waals surface area contributed by atoms with Gasteiger partial charge in [-0.1, -0.05) is 11.6 Å². The first-order valence-electron chi connectivity index (χ1n) is 5.32. The number of carbonyl (C=O) groups excluding carboxylic acids is 1. The molecule has 92 valence electrons. The first-order valence-corrected chi connectivity index (χ1v) is 6.52. The standard InChI is InChI=1S/C11H12ClNO3S/c12-9-2-1-8(17-9)11(16)13-4-3-7(6-13)5-10(14)15/h1-2,7H,3-6H2,(H,14,15). The molecule has 2 heterocycles. The number of halogens is 1. The summed E-state index contributed by atoms with van der Waals surface area (Å²) < 4.78 is 0.592. The summed E-state index contributed by atoms with van der Waals surface area (Å²) in [5.74, 6) is -0.773. The Kier molecular flexibility index (Phi) is 3.69. The zero-order valence-corrected chi connectivity index (χ0v) is 10.6. The lowest BCUT2D eigenvalue weighted by atomic mass is 10.1. The van der Waals surface area contributed by atoms with Crippen LogP contribution in [0.25, 0.3) is 0 Å². The zero-order chi connectivity index (χ0) is 12.4. The van der Waals surface area contributed by atoms with Gasteiger partial charge in [0.25, 0.3) is 5.91 Å². The Hall–Kier alpha value is -1.07. The van der Waals surface area contributed by atoms with Crippen LogP contribution < -0.4 is 0 Å². The molecule has 1 aliphatic rings. The van der Waals surface area contributed by atoms with Crippen LogP contribution in [-0.2, 0) is 4.79 Å². The van der Waals surface area contributed by atoms with Gasteiger partial charge in [-0.25, -0.2) is 0 Å². The van der Waals surface area contributed by atoms with Gasteiger partial charge in [0, 0.05) is 19.5 Å². The van der Waals surface area contributed by atoms with Crippen molar-refractivity contribution in [3.8, 4) is 0 Å². The Balaban J connectivity index is 1.96. The second-order valence-electron chi connectivity index (χ2n) is 4.11. The van der Waals surface area contributed by atoms with Gasteiger partial charge in [-0.3, -0.25) is 9.59 Å². The third kappa shape index (κ3) is 2.98. The number of thiophene rings is 1. The second-order valence-corrected chi connectivity index (χ2v) is 5.82. The van der Waals surface area contributed by atoms with Gasteiger partial charge in [-0.05, 0) is 24.5 Å². The maximum atomic E-state index is 12.0. The third-order valence-electron chi connectivity index (χ3n) is 2.82. The molecular formula is C11H12ClNO3S. The predicted octanol–water partition coefficient (Wildman–Crippen LogP) is 2.34. The summed E-state index contributed by atoms with van der Waals surface area (Å²) in [7, 11) is 0. The van der Waals surface area contributed by atoms with Crippen molar-refractivity contribution in [3.63, 3.8) is 0 Å². The van der Waals surface area contributed by atoms with Gasteiger partial charge >= 0.3 is 5.97 Å². The molecule has 1 aliphatic heterocycles. The van der Waals surface area contributed by atoms with Gasteiger partial charge in [0.1, 0.15) is 0 Å². The van der Waals surface area contributed by atoms with Crippen LogP contribution in [0.3, 0.4) is 0 Å². The average Bonchev–Trinajstić information content (AvgIpc) is 2.85. The smallest absolute Gasteiger partial charge is 0.303 e. The van der Waals surface area contributed by atoms with Gasteiger partial charge in [0.05, 0.1) is 9.21 Å². The van der Waals surface area contributed by atoms with Crippen molar-refractivity contribution in [2.45, 2.75) is 12.8 Å². The Morgan fingerprint density at radius 3 is 2.88 bits per heavy atom. The molecule has 1 fully saturated rings. The number of likely N-dealkylation sites (tertiary alicyclic amines) is 1. The molecule has 1 aromatic heterocycles. The highest BCUT2D eigenvalue weighted by Gasteiger charge is 2.28. The molecular weight excluding hydrogens is 262 g/mol. The van der Waals surface area contributed by atoms with E-state index < -0.39 is 5.97 Å². The lowest BCUT2D eigenvalue weighted by Crippen LogP contribution is -2.28.